The summed E-state index contributed by atoms with van der Waals surface area (Å²) >= 11 is 6.13. The Morgan fingerprint density at radius 3 is 2.89 bits per heavy atom. The first-order chi connectivity index (χ1) is 17.2. The number of aromatic nitrogens is 6. The quantitative estimate of drug-likeness (QED) is 0.328. The van der Waals surface area contributed by atoms with E-state index in [4.69, 9.17) is 21.3 Å². The third-order valence-electron chi connectivity index (χ3n) is 6.37. The molecule has 1 fully saturated rings. The molecular weight excluding hydrogens is 462 g/mol. The molecular formula is C26H24ClN7O. The van der Waals surface area contributed by atoms with E-state index in [2.05, 4.69) is 38.4 Å². The largest absolute Gasteiger partial charge is 0.356 e. The van der Waals surface area contributed by atoms with Crippen molar-refractivity contribution < 1.29 is 4.74 Å². The summed E-state index contributed by atoms with van der Waals surface area (Å²) in [6.45, 7) is 2.81. The van der Waals surface area contributed by atoms with Gasteiger partial charge in [0.1, 0.15) is 6.33 Å². The molecule has 2 atom stereocenters. The third-order valence-corrected chi connectivity index (χ3v) is 6.60. The molecule has 1 N–H and O–H groups in total. The van der Waals surface area contributed by atoms with E-state index < -0.39 is 0 Å². The fourth-order valence-electron chi connectivity index (χ4n) is 4.52. The Balaban J connectivity index is 1.29. The highest BCUT2D eigenvalue weighted by Gasteiger charge is 2.21. The van der Waals surface area contributed by atoms with Gasteiger partial charge >= 0.3 is 0 Å². The summed E-state index contributed by atoms with van der Waals surface area (Å²) in [5, 5.41) is 10.5. The van der Waals surface area contributed by atoms with Gasteiger partial charge in [0.05, 0.1) is 28.8 Å². The molecule has 0 amide bonds. The van der Waals surface area contributed by atoms with Crippen molar-refractivity contribution in [2.75, 3.05) is 11.9 Å². The smallest absolute Gasteiger partial charge is 0.223 e. The predicted octanol–water partition coefficient (Wildman–Crippen LogP) is 5.96. The lowest BCUT2D eigenvalue weighted by atomic mass is 10.1. The summed E-state index contributed by atoms with van der Waals surface area (Å²) in [5.74, 6) is 0.566. The number of benzene rings is 2. The summed E-state index contributed by atoms with van der Waals surface area (Å²) in [6, 6.07) is 13.9. The first-order valence-electron chi connectivity index (χ1n) is 11.7. The summed E-state index contributed by atoms with van der Waals surface area (Å²) in [5.41, 5.74) is 4.50. The number of ether oxygens (including phenoxy) is 1. The highest BCUT2D eigenvalue weighted by molar-refractivity contribution is 6.30. The molecule has 176 valence electrons. The average molecular weight is 486 g/mol. The van der Waals surface area contributed by atoms with E-state index in [1.54, 1.807) is 6.33 Å². The van der Waals surface area contributed by atoms with Gasteiger partial charge < -0.3 is 10.1 Å². The van der Waals surface area contributed by atoms with Crippen LogP contribution in [0.5, 0.6) is 0 Å². The van der Waals surface area contributed by atoms with E-state index in [-0.39, 0.29) is 12.3 Å². The average Bonchev–Trinajstić information content (AvgIpc) is 3.33. The molecule has 3 aromatic heterocycles. The molecule has 8 nitrogen and oxygen atoms in total. The van der Waals surface area contributed by atoms with Crippen LogP contribution in [0.15, 0.2) is 61.2 Å². The maximum absolute atomic E-state index is 6.13. The van der Waals surface area contributed by atoms with Crippen LogP contribution < -0.4 is 5.32 Å². The summed E-state index contributed by atoms with van der Waals surface area (Å²) in [7, 11) is 0. The van der Waals surface area contributed by atoms with Crippen molar-refractivity contribution in [2.45, 2.75) is 38.5 Å². The minimum absolute atomic E-state index is 0.0180. The number of anilines is 1. The molecule has 35 heavy (non-hydrogen) atoms. The van der Waals surface area contributed by atoms with Gasteiger partial charge in [-0.1, -0.05) is 29.8 Å². The zero-order valence-electron chi connectivity index (χ0n) is 19.2. The fourth-order valence-corrected chi connectivity index (χ4v) is 4.72. The maximum Gasteiger partial charge on any atom is 0.223 e. The van der Waals surface area contributed by atoms with Gasteiger partial charge in [0.25, 0.3) is 0 Å². The lowest BCUT2D eigenvalue weighted by Crippen LogP contribution is -2.19. The highest BCUT2D eigenvalue weighted by atomic mass is 35.5. The molecule has 5 aromatic rings. The minimum atomic E-state index is -0.0748. The van der Waals surface area contributed by atoms with Gasteiger partial charge in [0.2, 0.25) is 5.95 Å². The molecule has 1 aliphatic rings. The number of nitrogens with zero attached hydrogens (tertiary/aromatic N) is 6. The Morgan fingerprint density at radius 1 is 1.09 bits per heavy atom. The Kier molecular flexibility index (Phi) is 5.75. The molecule has 4 heterocycles. The summed E-state index contributed by atoms with van der Waals surface area (Å²) in [6.07, 6.45) is 8.33. The number of hydrogen-bond acceptors (Lipinski definition) is 7. The second-order valence-electron chi connectivity index (χ2n) is 8.76. The maximum atomic E-state index is 6.13. The summed E-state index contributed by atoms with van der Waals surface area (Å²) in [4.78, 5) is 18.3. The van der Waals surface area contributed by atoms with E-state index in [0.29, 0.717) is 11.0 Å². The first-order valence-corrected chi connectivity index (χ1v) is 12.1. The standard InChI is InChI=1S/C26H24ClN7O/c1-16(17-5-4-6-20(27)12-17)32-26-28-13-19-11-18(8-9-22(19)33-26)24-21-14-31-34(25(21)30-15-29-24)23-7-2-3-10-35-23/h4-6,8-9,11-16,23H,2-3,7,10H2,1H3,(H,28,32,33)/t16-,23?/m1/s1. The van der Waals surface area contributed by atoms with Crippen LogP contribution in [0, 0.1) is 0 Å². The van der Waals surface area contributed by atoms with Gasteiger partial charge in [-0.2, -0.15) is 5.10 Å². The van der Waals surface area contributed by atoms with Crippen LogP contribution in [0.2, 0.25) is 5.02 Å². The highest BCUT2D eigenvalue weighted by Crippen LogP contribution is 2.31. The molecule has 6 rings (SSSR count). The monoisotopic (exact) mass is 485 g/mol. The SMILES string of the molecule is C[C@@H](Nc1ncc2cc(-c3ncnc4c3cnn4C3CCCCO3)ccc2n1)c1cccc(Cl)c1. The first kappa shape index (κ1) is 21.9. The van der Waals surface area contributed by atoms with E-state index >= 15 is 0 Å². The van der Waals surface area contributed by atoms with Crippen LogP contribution in [0.3, 0.4) is 0 Å². The molecule has 1 unspecified atom stereocenters. The normalized spacial score (nSPS) is 17.0. The number of nitrogens with one attached hydrogen (secondary N) is 1. The molecule has 0 saturated carbocycles. The molecule has 0 radical (unpaired) electrons. The van der Waals surface area contributed by atoms with E-state index in [1.165, 1.54) is 0 Å². The Bertz CT molecular complexity index is 1510. The van der Waals surface area contributed by atoms with Gasteiger partial charge in [-0.15, -0.1) is 0 Å². The lowest BCUT2D eigenvalue weighted by molar-refractivity contribution is -0.0370. The van der Waals surface area contributed by atoms with E-state index in [0.717, 1.165) is 64.6 Å². The molecule has 0 spiro atoms. The van der Waals surface area contributed by atoms with Gasteiger partial charge in [-0.3, -0.25) is 0 Å². The van der Waals surface area contributed by atoms with Crippen LogP contribution in [-0.4, -0.2) is 36.3 Å². The van der Waals surface area contributed by atoms with Crippen molar-refractivity contribution in [3.05, 3.63) is 71.8 Å². The van der Waals surface area contributed by atoms with Crippen LogP contribution in [0.4, 0.5) is 5.95 Å². The van der Waals surface area contributed by atoms with Crippen molar-refractivity contribution in [3.63, 3.8) is 0 Å². The zero-order chi connectivity index (χ0) is 23.8. The van der Waals surface area contributed by atoms with E-state index in [9.17, 15) is 0 Å². The molecule has 1 saturated heterocycles. The molecule has 0 aliphatic carbocycles. The molecule has 0 bridgehead atoms. The minimum Gasteiger partial charge on any atom is -0.356 e. The van der Waals surface area contributed by atoms with Crippen molar-refractivity contribution in [1.82, 2.24) is 29.7 Å². The van der Waals surface area contributed by atoms with Crippen LogP contribution in [-0.2, 0) is 4.74 Å². The second kappa shape index (κ2) is 9.20. The van der Waals surface area contributed by atoms with Gasteiger partial charge in [-0.25, -0.2) is 24.6 Å². The number of halogens is 1. The van der Waals surface area contributed by atoms with Crippen LogP contribution in [0.1, 0.15) is 44.0 Å². The topological polar surface area (TPSA) is 90.6 Å². The van der Waals surface area contributed by atoms with Crippen molar-refractivity contribution in [3.8, 4) is 11.3 Å². The second-order valence-corrected chi connectivity index (χ2v) is 9.19. The molecule has 2 aromatic carbocycles. The lowest BCUT2D eigenvalue weighted by Gasteiger charge is -2.22. The van der Waals surface area contributed by atoms with Crippen molar-refractivity contribution in [2.24, 2.45) is 0 Å². The van der Waals surface area contributed by atoms with Gasteiger partial charge in [0, 0.05) is 28.8 Å². The number of fused-ring (bicyclic) bond motifs is 2. The number of rotatable bonds is 5. The zero-order valence-corrected chi connectivity index (χ0v) is 20.0. The van der Waals surface area contributed by atoms with E-state index in [1.807, 2.05) is 53.5 Å². The Labute approximate surface area is 207 Å². The molecule has 1 aliphatic heterocycles. The van der Waals surface area contributed by atoms with Crippen LogP contribution >= 0.6 is 11.6 Å². The van der Waals surface area contributed by atoms with Gasteiger partial charge in [0.15, 0.2) is 11.9 Å². The van der Waals surface area contributed by atoms with Crippen LogP contribution in [0.25, 0.3) is 33.2 Å². The number of hydrogen-bond donors (Lipinski definition) is 1. The molecule has 9 heteroatoms. The fraction of sp³-hybridized carbons (Fsp3) is 0.269. The van der Waals surface area contributed by atoms with Gasteiger partial charge in [-0.05, 0) is 56.0 Å². The Morgan fingerprint density at radius 2 is 2.03 bits per heavy atom. The third kappa shape index (κ3) is 4.31. The summed E-state index contributed by atoms with van der Waals surface area (Å²) < 4.78 is 7.80. The van der Waals surface area contributed by atoms with Crippen molar-refractivity contribution in [1.29, 1.82) is 0 Å². The van der Waals surface area contributed by atoms with Crippen molar-refractivity contribution >= 4 is 39.5 Å². The Hall–Kier alpha value is -3.62. The predicted molar refractivity (Wildman–Crippen MR) is 136 cm³/mol.